The Hall–Kier alpha value is -3.35. The number of aryl methyl sites for hydroxylation is 3. The highest BCUT2D eigenvalue weighted by molar-refractivity contribution is 5.99. The lowest BCUT2D eigenvalue weighted by Crippen LogP contribution is -2.53. The van der Waals surface area contributed by atoms with E-state index in [1.807, 2.05) is 77.1 Å². The molecule has 7 heteroatoms. The van der Waals surface area contributed by atoms with Gasteiger partial charge in [0, 0.05) is 12.2 Å². The molecule has 2 unspecified atom stereocenters. The highest BCUT2D eigenvalue weighted by Gasteiger charge is 2.36. The minimum Gasteiger partial charge on any atom is -0.444 e. The molecule has 2 aromatic rings. The lowest BCUT2D eigenvalue weighted by molar-refractivity contribution is -0.141. The van der Waals surface area contributed by atoms with E-state index in [0.29, 0.717) is 18.7 Å². The molecule has 0 aliphatic heterocycles. The second-order valence-electron chi connectivity index (χ2n) is 12.5. The number of hydrogen-bond donors (Lipinski definition) is 2. The summed E-state index contributed by atoms with van der Waals surface area (Å²) in [6.07, 6.45) is 3.56. The molecule has 0 aliphatic rings. The predicted molar refractivity (Wildman–Crippen MR) is 167 cm³/mol. The summed E-state index contributed by atoms with van der Waals surface area (Å²) in [5.41, 5.74) is 3.82. The van der Waals surface area contributed by atoms with Crippen molar-refractivity contribution >= 4 is 23.6 Å². The molecule has 2 rings (SSSR count). The van der Waals surface area contributed by atoms with E-state index < -0.39 is 23.8 Å². The van der Waals surface area contributed by atoms with Gasteiger partial charge in [-0.3, -0.25) is 9.59 Å². The van der Waals surface area contributed by atoms with E-state index in [9.17, 15) is 14.4 Å². The number of nitrogens with zero attached hydrogens (tertiary/aromatic N) is 1. The lowest BCUT2D eigenvalue weighted by atomic mass is 9.96. The van der Waals surface area contributed by atoms with Crippen LogP contribution < -0.4 is 10.6 Å². The summed E-state index contributed by atoms with van der Waals surface area (Å²) in [6.45, 7) is 17.9. The molecule has 0 aromatic heterocycles. The molecule has 226 valence electrons. The Kier molecular flexibility index (Phi) is 12.9. The number of hydrogen-bond acceptors (Lipinski definition) is 4. The third-order valence-electron chi connectivity index (χ3n) is 7.04. The fraction of sp³-hybridized carbons (Fsp3) is 0.559. The van der Waals surface area contributed by atoms with Crippen molar-refractivity contribution in [3.63, 3.8) is 0 Å². The van der Waals surface area contributed by atoms with Crippen molar-refractivity contribution < 1.29 is 19.1 Å². The summed E-state index contributed by atoms with van der Waals surface area (Å²) in [4.78, 5) is 43.0. The molecular weight excluding hydrogens is 514 g/mol. The zero-order chi connectivity index (χ0) is 30.7. The van der Waals surface area contributed by atoms with Crippen molar-refractivity contribution in [3.05, 3.63) is 64.7 Å². The molecule has 2 atom stereocenters. The molecule has 2 N–H and O–H groups in total. The first kappa shape index (κ1) is 33.9. The Balaban J connectivity index is 2.58. The maximum atomic E-state index is 14.4. The number of para-hydroxylation sites is 1. The van der Waals surface area contributed by atoms with Gasteiger partial charge in [-0.1, -0.05) is 76.4 Å². The van der Waals surface area contributed by atoms with E-state index >= 15 is 0 Å². The van der Waals surface area contributed by atoms with Gasteiger partial charge in [0.25, 0.3) is 5.91 Å². The van der Waals surface area contributed by atoms with E-state index in [0.717, 1.165) is 47.9 Å². The smallest absolute Gasteiger partial charge is 0.408 e. The van der Waals surface area contributed by atoms with Gasteiger partial charge in [-0.25, -0.2) is 4.79 Å². The topological polar surface area (TPSA) is 87.7 Å². The van der Waals surface area contributed by atoms with Crippen LogP contribution in [0.4, 0.5) is 10.5 Å². The van der Waals surface area contributed by atoms with Crippen molar-refractivity contribution in [2.24, 2.45) is 5.92 Å². The van der Waals surface area contributed by atoms with Crippen molar-refractivity contribution in [2.45, 2.75) is 112 Å². The zero-order valence-electron chi connectivity index (χ0n) is 26.6. The molecule has 0 spiro atoms. The van der Waals surface area contributed by atoms with Crippen LogP contribution in [0.5, 0.6) is 0 Å². The first-order valence-electron chi connectivity index (χ1n) is 15.0. The molecule has 0 aliphatic carbocycles. The predicted octanol–water partition coefficient (Wildman–Crippen LogP) is 7.64. The van der Waals surface area contributed by atoms with Gasteiger partial charge in [-0.15, -0.1) is 0 Å². The van der Waals surface area contributed by atoms with Crippen LogP contribution >= 0.6 is 0 Å². The average Bonchev–Trinajstić information content (AvgIpc) is 2.87. The number of benzene rings is 2. The summed E-state index contributed by atoms with van der Waals surface area (Å²) in [5, 5.41) is 5.91. The normalized spacial score (nSPS) is 12.9. The highest BCUT2D eigenvalue weighted by atomic mass is 16.6. The second kappa shape index (κ2) is 15.6. The Labute approximate surface area is 247 Å². The summed E-state index contributed by atoms with van der Waals surface area (Å²) < 4.78 is 5.51. The molecule has 3 amide bonds. The SMILES string of the molecule is CCCCCCN(C(=O)C(CC(C)C)NC(=O)OC(C)(C)C)C(C(=O)Nc1ccccc1C)c1ccc(C)c(C)c1. The lowest BCUT2D eigenvalue weighted by Gasteiger charge is -2.35. The maximum Gasteiger partial charge on any atom is 0.408 e. The Morgan fingerprint density at radius 2 is 1.59 bits per heavy atom. The molecule has 0 fully saturated rings. The number of rotatable bonds is 13. The first-order chi connectivity index (χ1) is 19.2. The minimum absolute atomic E-state index is 0.127. The maximum absolute atomic E-state index is 14.4. The van der Waals surface area contributed by atoms with Gasteiger partial charge in [0.15, 0.2) is 0 Å². The van der Waals surface area contributed by atoms with Gasteiger partial charge >= 0.3 is 6.09 Å². The number of carbonyl (C=O) groups is 3. The van der Waals surface area contributed by atoms with Gasteiger partial charge in [0.05, 0.1) is 0 Å². The molecule has 0 heterocycles. The number of alkyl carbamates (subject to hydrolysis) is 1. The third-order valence-corrected chi connectivity index (χ3v) is 7.04. The van der Waals surface area contributed by atoms with Gasteiger partial charge in [0.2, 0.25) is 5.91 Å². The second-order valence-corrected chi connectivity index (χ2v) is 12.5. The van der Waals surface area contributed by atoms with Gasteiger partial charge in [-0.05, 0) is 88.6 Å². The van der Waals surface area contributed by atoms with Crippen molar-refractivity contribution in [1.29, 1.82) is 0 Å². The summed E-state index contributed by atoms with van der Waals surface area (Å²) in [6, 6.07) is 11.8. The molecule has 0 bridgehead atoms. The molecular formula is C34H51N3O4. The van der Waals surface area contributed by atoms with Crippen molar-refractivity contribution in [2.75, 3.05) is 11.9 Å². The van der Waals surface area contributed by atoms with Crippen molar-refractivity contribution in [3.8, 4) is 0 Å². The van der Waals surface area contributed by atoms with Crippen LogP contribution in [-0.2, 0) is 14.3 Å². The van der Waals surface area contributed by atoms with Gasteiger partial charge < -0.3 is 20.3 Å². The standard InChI is InChI=1S/C34H51N3O4/c1-10-11-12-15-20-37(32(39)29(21-23(2)3)36-33(40)41-34(7,8)9)30(27-19-18-24(4)26(6)22-27)31(38)35-28-17-14-13-16-25(28)5/h13-14,16-19,22-23,29-30H,10-12,15,20-21H2,1-9H3,(H,35,38)(H,36,40). The quantitative estimate of drug-likeness (QED) is 0.244. The Morgan fingerprint density at radius 1 is 0.902 bits per heavy atom. The van der Waals surface area contributed by atoms with Crippen LogP contribution in [0.3, 0.4) is 0 Å². The molecule has 0 radical (unpaired) electrons. The van der Waals surface area contributed by atoms with E-state index in [1.165, 1.54) is 0 Å². The monoisotopic (exact) mass is 565 g/mol. The fourth-order valence-corrected chi connectivity index (χ4v) is 4.74. The van der Waals surface area contributed by atoms with Crippen LogP contribution in [-0.4, -0.2) is 41.0 Å². The number of amides is 3. The molecule has 2 aromatic carbocycles. The van der Waals surface area contributed by atoms with Gasteiger partial charge in [-0.2, -0.15) is 0 Å². The highest BCUT2D eigenvalue weighted by Crippen LogP contribution is 2.28. The van der Waals surface area contributed by atoms with E-state index in [2.05, 4.69) is 17.6 Å². The third kappa shape index (κ3) is 10.9. The summed E-state index contributed by atoms with van der Waals surface area (Å²) >= 11 is 0. The number of anilines is 1. The Bertz CT molecular complexity index is 1170. The summed E-state index contributed by atoms with van der Waals surface area (Å²) in [5.74, 6) is -0.446. The summed E-state index contributed by atoms with van der Waals surface area (Å²) in [7, 11) is 0. The molecule has 41 heavy (non-hydrogen) atoms. The number of carbonyl (C=O) groups excluding carboxylic acids is 3. The number of ether oxygens (including phenoxy) is 1. The van der Waals surface area contributed by atoms with Crippen LogP contribution in [0.1, 0.15) is 102 Å². The molecule has 0 saturated carbocycles. The van der Waals surface area contributed by atoms with E-state index in [1.54, 1.807) is 25.7 Å². The zero-order valence-corrected chi connectivity index (χ0v) is 26.6. The minimum atomic E-state index is -0.877. The van der Waals surface area contributed by atoms with E-state index in [-0.39, 0.29) is 17.7 Å². The van der Waals surface area contributed by atoms with Gasteiger partial charge in [0.1, 0.15) is 17.7 Å². The number of unbranched alkanes of at least 4 members (excludes halogenated alkanes) is 3. The fourth-order valence-electron chi connectivity index (χ4n) is 4.74. The van der Waals surface area contributed by atoms with E-state index in [4.69, 9.17) is 4.74 Å². The van der Waals surface area contributed by atoms with Crippen LogP contribution in [0.25, 0.3) is 0 Å². The molecule has 7 nitrogen and oxygen atoms in total. The first-order valence-corrected chi connectivity index (χ1v) is 15.0. The van der Waals surface area contributed by atoms with Crippen LogP contribution in [0, 0.1) is 26.7 Å². The molecule has 0 saturated heterocycles. The number of nitrogens with one attached hydrogen (secondary N) is 2. The Morgan fingerprint density at radius 3 is 2.17 bits per heavy atom. The van der Waals surface area contributed by atoms with Crippen LogP contribution in [0.15, 0.2) is 42.5 Å². The average molecular weight is 566 g/mol. The van der Waals surface area contributed by atoms with Crippen LogP contribution in [0.2, 0.25) is 0 Å². The van der Waals surface area contributed by atoms with Crippen molar-refractivity contribution in [1.82, 2.24) is 10.2 Å². The largest absolute Gasteiger partial charge is 0.444 e.